The molecule has 0 aromatic heterocycles. The SMILES string of the molecule is CCN=C1SC(CC(=O)Nc2ccc(OC(F)F)cc2)C(=O)N1CC. The van der Waals surface area contributed by atoms with E-state index < -0.39 is 11.9 Å². The Bertz CT molecular complexity index is 653. The van der Waals surface area contributed by atoms with Crippen LogP contribution in [0.4, 0.5) is 14.5 Å². The van der Waals surface area contributed by atoms with Crippen molar-refractivity contribution in [3.63, 3.8) is 0 Å². The van der Waals surface area contributed by atoms with Gasteiger partial charge in [-0.05, 0) is 38.1 Å². The number of hydrogen-bond donors (Lipinski definition) is 1. The number of carbonyl (C=O) groups is 2. The molecule has 2 amide bonds. The maximum absolute atomic E-state index is 12.3. The van der Waals surface area contributed by atoms with Gasteiger partial charge in [-0.1, -0.05) is 11.8 Å². The van der Waals surface area contributed by atoms with Gasteiger partial charge in [-0.15, -0.1) is 0 Å². The van der Waals surface area contributed by atoms with Gasteiger partial charge >= 0.3 is 6.61 Å². The molecule has 1 heterocycles. The van der Waals surface area contributed by atoms with Crippen molar-refractivity contribution in [2.75, 3.05) is 18.4 Å². The number of nitrogens with one attached hydrogen (secondary N) is 1. The highest BCUT2D eigenvalue weighted by Gasteiger charge is 2.38. The van der Waals surface area contributed by atoms with Crippen LogP contribution in [0, 0.1) is 0 Å². The predicted molar refractivity (Wildman–Crippen MR) is 93.1 cm³/mol. The van der Waals surface area contributed by atoms with Crippen LogP contribution in [0.3, 0.4) is 0 Å². The fourth-order valence-corrected chi connectivity index (χ4v) is 3.55. The molecular formula is C16H19F2N3O3S. The molecule has 9 heteroatoms. The number of amidine groups is 1. The Balaban J connectivity index is 1.94. The molecular weight excluding hydrogens is 352 g/mol. The van der Waals surface area contributed by atoms with Crippen molar-refractivity contribution in [2.45, 2.75) is 32.1 Å². The molecule has 0 saturated carbocycles. The number of rotatable bonds is 7. The molecule has 1 N–H and O–H groups in total. The summed E-state index contributed by atoms with van der Waals surface area (Å²) in [5.41, 5.74) is 0.442. The zero-order valence-electron chi connectivity index (χ0n) is 13.9. The first-order valence-electron chi connectivity index (χ1n) is 7.81. The van der Waals surface area contributed by atoms with Crippen molar-refractivity contribution in [3.05, 3.63) is 24.3 Å². The van der Waals surface area contributed by atoms with Gasteiger partial charge in [-0.2, -0.15) is 8.78 Å². The third-order valence-electron chi connectivity index (χ3n) is 3.36. The van der Waals surface area contributed by atoms with Crippen LogP contribution < -0.4 is 10.1 Å². The van der Waals surface area contributed by atoms with E-state index in [1.807, 2.05) is 13.8 Å². The number of alkyl halides is 2. The van der Waals surface area contributed by atoms with Crippen molar-refractivity contribution in [1.29, 1.82) is 0 Å². The third-order valence-corrected chi connectivity index (χ3v) is 4.58. The summed E-state index contributed by atoms with van der Waals surface area (Å²) in [6, 6.07) is 5.59. The van der Waals surface area contributed by atoms with E-state index in [2.05, 4.69) is 15.0 Å². The van der Waals surface area contributed by atoms with E-state index in [4.69, 9.17) is 0 Å². The Kier molecular flexibility index (Phi) is 6.74. The van der Waals surface area contributed by atoms with E-state index in [-0.39, 0.29) is 24.0 Å². The maximum atomic E-state index is 12.3. The first-order chi connectivity index (χ1) is 11.9. The van der Waals surface area contributed by atoms with Gasteiger partial charge in [-0.3, -0.25) is 19.5 Å². The highest BCUT2D eigenvalue weighted by atomic mass is 32.2. The lowest BCUT2D eigenvalue weighted by atomic mass is 10.2. The summed E-state index contributed by atoms with van der Waals surface area (Å²) >= 11 is 1.29. The second-order valence-electron chi connectivity index (χ2n) is 5.10. The highest BCUT2D eigenvalue weighted by Crippen LogP contribution is 2.29. The lowest BCUT2D eigenvalue weighted by Crippen LogP contribution is -2.33. The molecule has 1 aliphatic rings. The van der Waals surface area contributed by atoms with E-state index in [0.717, 1.165) is 0 Å². The Morgan fingerprint density at radius 3 is 2.60 bits per heavy atom. The van der Waals surface area contributed by atoms with E-state index in [1.165, 1.54) is 36.0 Å². The molecule has 0 aliphatic carbocycles. The fraction of sp³-hybridized carbons (Fsp3) is 0.438. The number of amides is 2. The van der Waals surface area contributed by atoms with Gasteiger partial charge in [0.25, 0.3) is 0 Å². The number of anilines is 1. The summed E-state index contributed by atoms with van der Waals surface area (Å²) in [4.78, 5) is 30.3. The highest BCUT2D eigenvalue weighted by molar-refractivity contribution is 8.15. The Labute approximate surface area is 148 Å². The van der Waals surface area contributed by atoms with Crippen LogP contribution >= 0.6 is 11.8 Å². The molecule has 6 nitrogen and oxygen atoms in total. The second-order valence-corrected chi connectivity index (χ2v) is 6.27. The third kappa shape index (κ3) is 5.15. The lowest BCUT2D eigenvalue weighted by molar-refractivity contribution is -0.128. The first kappa shape index (κ1) is 19.2. The van der Waals surface area contributed by atoms with Crippen LogP contribution in [0.15, 0.2) is 29.3 Å². The molecule has 136 valence electrons. The molecule has 0 spiro atoms. The van der Waals surface area contributed by atoms with Crippen molar-refractivity contribution < 1.29 is 23.1 Å². The molecule has 25 heavy (non-hydrogen) atoms. The van der Waals surface area contributed by atoms with E-state index >= 15 is 0 Å². The Hall–Kier alpha value is -2.16. The summed E-state index contributed by atoms with van der Waals surface area (Å²) < 4.78 is 28.4. The minimum atomic E-state index is -2.90. The molecule has 0 radical (unpaired) electrons. The largest absolute Gasteiger partial charge is 0.435 e. The van der Waals surface area contributed by atoms with Crippen LogP contribution in [0.25, 0.3) is 0 Å². The van der Waals surface area contributed by atoms with Crippen LogP contribution in [-0.4, -0.2) is 46.8 Å². The predicted octanol–water partition coefficient (Wildman–Crippen LogP) is 2.96. The summed E-state index contributed by atoms with van der Waals surface area (Å²) in [7, 11) is 0. The van der Waals surface area contributed by atoms with Crippen LogP contribution in [0.2, 0.25) is 0 Å². The number of benzene rings is 1. The molecule has 1 aromatic rings. The number of carbonyl (C=O) groups excluding carboxylic acids is 2. The number of thioether (sulfide) groups is 1. The van der Waals surface area contributed by atoms with E-state index in [1.54, 1.807) is 4.90 Å². The smallest absolute Gasteiger partial charge is 0.387 e. The summed E-state index contributed by atoms with van der Waals surface area (Å²) in [6.45, 7) is 1.92. The minimum absolute atomic E-state index is 0.00790. The topological polar surface area (TPSA) is 71.0 Å². The molecule has 1 fully saturated rings. The number of halogens is 2. The Morgan fingerprint density at radius 1 is 1.36 bits per heavy atom. The summed E-state index contributed by atoms with van der Waals surface area (Å²) in [5, 5.41) is 2.78. The van der Waals surface area contributed by atoms with Gasteiger partial charge in [0.1, 0.15) is 11.0 Å². The van der Waals surface area contributed by atoms with Crippen LogP contribution in [0.1, 0.15) is 20.3 Å². The summed E-state index contributed by atoms with van der Waals surface area (Å²) in [5.74, 6) is -0.453. The van der Waals surface area contributed by atoms with Gasteiger partial charge < -0.3 is 10.1 Å². The van der Waals surface area contributed by atoms with Crippen molar-refractivity contribution >= 4 is 34.4 Å². The standard InChI is InChI=1S/C16H19F2N3O3S/c1-3-19-16-21(4-2)14(23)12(25-16)9-13(22)20-10-5-7-11(8-6-10)24-15(17)18/h5-8,12,15H,3-4,9H2,1-2H3,(H,20,22). The molecule has 1 saturated heterocycles. The quantitative estimate of drug-likeness (QED) is 0.800. The van der Waals surface area contributed by atoms with Gasteiger partial charge in [0, 0.05) is 25.2 Å². The zero-order valence-corrected chi connectivity index (χ0v) is 14.7. The number of nitrogens with zero attached hydrogens (tertiary/aromatic N) is 2. The summed E-state index contributed by atoms with van der Waals surface area (Å²) in [6.07, 6.45) is 0.0119. The van der Waals surface area contributed by atoms with E-state index in [0.29, 0.717) is 23.9 Å². The average Bonchev–Trinajstić information content (AvgIpc) is 2.84. The van der Waals surface area contributed by atoms with Crippen molar-refractivity contribution in [2.24, 2.45) is 4.99 Å². The monoisotopic (exact) mass is 371 g/mol. The lowest BCUT2D eigenvalue weighted by Gasteiger charge is -2.13. The molecule has 2 rings (SSSR count). The van der Waals surface area contributed by atoms with Gasteiger partial charge in [0.15, 0.2) is 5.17 Å². The van der Waals surface area contributed by atoms with Crippen LogP contribution in [0.5, 0.6) is 5.75 Å². The Morgan fingerprint density at radius 2 is 2.04 bits per heavy atom. The normalized spacial score (nSPS) is 18.9. The van der Waals surface area contributed by atoms with Gasteiger partial charge in [0.05, 0.1) is 0 Å². The second kappa shape index (κ2) is 8.80. The average molecular weight is 371 g/mol. The van der Waals surface area contributed by atoms with Crippen molar-refractivity contribution in [1.82, 2.24) is 4.90 Å². The van der Waals surface area contributed by atoms with Crippen molar-refractivity contribution in [3.8, 4) is 5.75 Å². The minimum Gasteiger partial charge on any atom is -0.435 e. The molecule has 1 unspecified atom stereocenters. The van der Waals surface area contributed by atoms with Gasteiger partial charge in [-0.25, -0.2) is 0 Å². The zero-order chi connectivity index (χ0) is 18.4. The molecule has 0 bridgehead atoms. The van der Waals surface area contributed by atoms with Gasteiger partial charge in [0.2, 0.25) is 11.8 Å². The number of hydrogen-bond acceptors (Lipinski definition) is 5. The fourth-order valence-electron chi connectivity index (χ4n) is 2.29. The number of ether oxygens (including phenoxy) is 1. The van der Waals surface area contributed by atoms with Crippen LogP contribution in [-0.2, 0) is 9.59 Å². The maximum Gasteiger partial charge on any atom is 0.387 e. The van der Waals surface area contributed by atoms with E-state index in [9.17, 15) is 18.4 Å². The number of aliphatic imine (C=N–C) groups is 1. The molecule has 1 aromatic carbocycles. The molecule has 1 atom stereocenters. The first-order valence-corrected chi connectivity index (χ1v) is 8.69. The molecule has 1 aliphatic heterocycles.